The highest BCUT2D eigenvalue weighted by Gasteiger charge is 2.18. The van der Waals surface area contributed by atoms with Crippen molar-refractivity contribution >= 4 is 23.2 Å². The van der Waals surface area contributed by atoms with Gasteiger partial charge in [0.25, 0.3) is 0 Å². The molecular weight excluding hydrogens is 328 g/mol. The number of hydrogen-bond donors (Lipinski definition) is 1. The Morgan fingerprint density at radius 1 is 0.920 bits per heavy atom. The van der Waals surface area contributed by atoms with Crippen molar-refractivity contribution in [3.8, 4) is 0 Å². The van der Waals surface area contributed by atoms with Crippen LogP contribution >= 0.6 is 0 Å². The topological polar surface area (TPSA) is 66.6 Å². The molecule has 0 radical (unpaired) electrons. The maximum Gasteiger partial charge on any atom is 0.246 e. The van der Waals surface area contributed by atoms with Gasteiger partial charge in [-0.15, -0.1) is 0 Å². The van der Waals surface area contributed by atoms with E-state index in [4.69, 9.17) is 5.73 Å². The van der Waals surface area contributed by atoms with E-state index in [2.05, 4.69) is 0 Å². The van der Waals surface area contributed by atoms with Crippen molar-refractivity contribution in [3.63, 3.8) is 0 Å². The Balaban J connectivity index is 2.14. The molecule has 2 aromatic rings. The van der Waals surface area contributed by atoms with Crippen LogP contribution in [0.1, 0.15) is 6.42 Å². The van der Waals surface area contributed by atoms with E-state index in [0.29, 0.717) is 11.4 Å². The third kappa shape index (κ3) is 5.27. The fraction of sp³-hybridized carbons (Fsp3) is 0.222. The first-order valence-electron chi connectivity index (χ1n) is 7.68. The van der Waals surface area contributed by atoms with Crippen LogP contribution < -0.4 is 15.5 Å². The van der Waals surface area contributed by atoms with E-state index in [-0.39, 0.29) is 31.2 Å². The van der Waals surface area contributed by atoms with Crippen LogP contribution in [0.2, 0.25) is 0 Å². The number of likely N-dealkylation sites (N-methyl/N-ethyl adjacent to an activating group) is 1. The number of rotatable bonds is 7. The van der Waals surface area contributed by atoms with E-state index < -0.39 is 11.7 Å². The molecule has 0 aliphatic rings. The number of primary amides is 1. The molecule has 0 spiro atoms. The number of halogens is 2. The minimum absolute atomic E-state index is 0.00176. The minimum Gasteiger partial charge on any atom is -0.370 e. The lowest BCUT2D eigenvalue weighted by Gasteiger charge is -2.26. The molecule has 2 aromatic carbocycles. The Morgan fingerprint density at radius 2 is 1.40 bits per heavy atom. The summed E-state index contributed by atoms with van der Waals surface area (Å²) in [6.45, 7) is 0.0961. The van der Waals surface area contributed by atoms with Gasteiger partial charge in [-0.05, 0) is 48.5 Å². The van der Waals surface area contributed by atoms with Crippen molar-refractivity contribution in [2.45, 2.75) is 6.42 Å². The number of carbonyl (C=O) groups is 2. The van der Waals surface area contributed by atoms with E-state index in [0.717, 1.165) is 0 Å². The Kier molecular flexibility index (Phi) is 6.05. The second-order valence-electron chi connectivity index (χ2n) is 5.57. The summed E-state index contributed by atoms with van der Waals surface area (Å²) in [5, 5.41) is 0. The van der Waals surface area contributed by atoms with Gasteiger partial charge in [-0.3, -0.25) is 9.59 Å². The standard InChI is InChI=1S/C18H19F2N3O2/c1-22(15-6-2-13(19)3-7-15)12-18(25)23(11-10-17(21)24)16-8-4-14(20)5-9-16/h2-9H,10-12H2,1H3,(H2,21,24). The molecule has 0 heterocycles. The van der Waals surface area contributed by atoms with Gasteiger partial charge in [0, 0.05) is 31.4 Å². The van der Waals surface area contributed by atoms with Gasteiger partial charge in [0.15, 0.2) is 0 Å². The maximum atomic E-state index is 13.1. The molecule has 0 atom stereocenters. The molecule has 0 aliphatic heterocycles. The largest absolute Gasteiger partial charge is 0.370 e. The second-order valence-corrected chi connectivity index (χ2v) is 5.57. The van der Waals surface area contributed by atoms with Gasteiger partial charge in [0.05, 0.1) is 6.54 Å². The summed E-state index contributed by atoms with van der Waals surface area (Å²) in [6, 6.07) is 11.1. The number of hydrogen-bond acceptors (Lipinski definition) is 3. The molecule has 25 heavy (non-hydrogen) atoms. The van der Waals surface area contributed by atoms with Gasteiger partial charge >= 0.3 is 0 Å². The summed E-state index contributed by atoms with van der Waals surface area (Å²) < 4.78 is 26.1. The number of nitrogens with zero attached hydrogens (tertiary/aromatic N) is 2. The molecule has 2 rings (SSSR count). The van der Waals surface area contributed by atoms with Crippen LogP contribution in [-0.2, 0) is 9.59 Å². The zero-order chi connectivity index (χ0) is 18.4. The van der Waals surface area contributed by atoms with Crippen LogP contribution in [-0.4, -0.2) is 32.0 Å². The predicted molar refractivity (Wildman–Crippen MR) is 92.2 cm³/mol. The SMILES string of the molecule is CN(CC(=O)N(CCC(N)=O)c1ccc(F)cc1)c1ccc(F)cc1. The Morgan fingerprint density at radius 3 is 1.88 bits per heavy atom. The average molecular weight is 347 g/mol. The molecule has 7 heteroatoms. The molecule has 0 aliphatic carbocycles. The molecule has 0 saturated heterocycles. The van der Waals surface area contributed by atoms with Gasteiger partial charge in [-0.1, -0.05) is 0 Å². The summed E-state index contributed by atoms with van der Waals surface area (Å²) >= 11 is 0. The monoisotopic (exact) mass is 347 g/mol. The predicted octanol–water partition coefficient (Wildman–Crippen LogP) is 2.31. The Hall–Kier alpha value is -2.96. The fourth-order valence-electron chi connectivity index (χ4n) is 2.32. The van der Waals surface area contributed by atoms with Crippen LogP contribution in [0.15, 0.2) is 48.5 Å². The summed E-state index contributed by atoms with van der Waals surface area (Å²) in [7, 11) is 1.70. The molecule has 2 N–H and O–H groups in total. The van der Waals surface area contributed by atoms with E-state index in [1.165, 1.54) is 41.3 Å². The minimum atomic E-state index is -0.535. The molecule has 0 unspecified atom stereocenters. The van der Waals surface area contributed by atoms with Gasteiger partial charge in [-0.25, -0.2) is 8.78 Å². The lowest BCUT2D eigenvalue weighted by molar-refractivity contribution is -0.118. The molecule has 2 amide bonds. The van der Waals surface area contributed by atoms with E-state index in [1.807, 2.05) is 0 Å². The highest BCUT2D eigenvalue weighted by atomic mass is 19.1. The highest BCUT2D eigenvalue weighted by molar-refractivity contribution is 5.96. The zero-order valence-electron chi connectivity index (χ0n) is 13.8. The highest BCUT2D eigenvalue weighted by Crippen LogP contribution is 2.18. The van der Waals surface area contributed by atoms with Crippen molar-refractivity contribution in [1.82, 2.24) is 0 Å². The van der Waals surface area contributed by atoms with Crippen molar-refractivity contribution < 1.29 is 18.4 Å². The van der Waals surface area contributed by atoms with E-state index in [9.17, 15) is 18.4 Å². The van der Waals surface area contributed by atoms with E-state index >= 15 is 0 Å². The third-order valence-electron chi connectivity index (χ3n) is 3.66. The average Bonchev–Trinajstić information content (AvgIpc) is 2.57. The first-order valence-corrected chi connectivity index (χ1v) is 7.68. The number of anilines is 2. The Bertz CT molecular complexity index is 733. The summed E-state index contributed by atoms with van der Waals surface area (Å²) in [5.41, 5.74) is 6.31. The maximum absolute atomic E-state index is 13.1. The summed E-state index contributed by atoms with van der Waals surface area (Å²) in [6.07, 6.45) is -0.0105. The van der Waals surface area contributed by atoms with Crippen LogP contribution in [0.25, 0.3) is 0 Å². The van der Waals surface area contributed by atoms with Crippen LogP contribution in [0.3, 0.4) is 0 Å². The molecule has 0 fully saturated rings. The molecule has 0 aromatic heterocycles. The van der Waals surface area contributed by atoms with Crippen LogP contribution in [0, 0.1) is 11.6 Å². The fourth-order valence-corrected chi connectivity index (χ4v) is 2.32. The number of nitrogens with two attached hydrogens (primary N) is 1. The van der Waals surface area contributed by atoms with Gasteiger partial charge < -0.3 is 15.5 Å². The van der Waals surface area contributed by atoms with Crippen LogP contribution in [0.4, 0.5) is 20.2 Å². The lowest BCUT2D eigenvalue weighted by atomic mass is 10.2. The summed E-state index contributed by atoms with van der Waals surface area (Å²) in [5.74, 6) is -1.61. The third-order valence-corrected chi connectivity index (χ3v) is 3.66. The molecule has 0 saturated carbocycles. The quantitative estimate of drug-likeness (QED) is 0.836. The smallest absolute Gasteiger partial charge is 0.246 e. The van der Waals surface area contributed by atoms with Crippen molar-refractivity contribution in [3.05, 3.63) is 60.2 Å². The van der Waals surface area contributed by atoms with Crippen molar-refractivity contribution in [1.29, 1.82) is 0 Å². The van der Waals surface area contributed by atoms with E-state index in [1.54, 1.807) is 24.1 Å². The van der Waals surface area contributed by atoms with Crippen molar-refractivity contribution in [2.24, 2.45) is 5.73 Å². The molecule has 5 nitrogen and oxygen atoms in total. The number of amides is 2. The molecule has 132 valence electrons. The molecule has 0 bridgehead atoms. The van der Waals surface area contributed by atoms with Gasteiger partial charge in [-0.2, -0.15) is 0 Å². The summed E-state index contributed by atoms with van der Waals surface area (Å²) in [4.78, 5) is 26.8. The Labute approximate surface area is 144 Å². The van der Waals surface area contributed by atoms with Crippen LogP contribution in [0.5, 0.6) is 0 Å². The number of carbonyl (C=O) groups excluding carboxylic acids is 2. The first kappa shape index (κ1) is 18.4. The van der Waals surface area contributed by atoms with Gasteiger partial charge in [0.1, 0.15) is 11.6 Å². The first-order chi connectivity index (χ1) is 11.9. The van der Waals surface area contributed by atoms with Gasteiger partial charge in [0.2, 0.25) is 11.8 Å². The molecular formula is C18H19F2N3O2. The normalized spacial score (nSPS) is 10.4. The number of benzene rings is 2. The second kappa shape index (κ2) is 8.23. The lowest BCUT2D eigenvalue weighted by Crippen LogP contribution is -2.40. The van der Waals surface area contributed by atoms with Crippen molar-refractivity contribution in [2.75, 3.05) is 29.9 Å². The zero-order valence-corrected chi connectivity index (χ0v) is 13.8.